The Bertz CT molecular complexity index is 381. The van der Waals surface area contributed by atoms with Gasteiger partial charge in [-0.15, -0.1) is 0 Å². The molecule has 0 bridgehead atoms. The zero-order valence-electron chi connectivity index (χ0n) is 10.8. The Morgan fingerprint density at radius 2 is 1.67 bits per heavy atom. The lowest BCUT2D eigenvalue weighted by atomic mass is 10.1. The van der Waals surface area contributed by atoms with Crippen molar-refractivity contribution in [3.8, 4) is 0 Å². The van der Waals surface area contributed by atoms with Gasteiger partial charge in [0.05, 0.1) is 15.6 Å². The smallest absolute Gasteiger partial charge is 0.254 e. The fourth-order valence-corrected chi connectivity index (χ4v) is 2.53. The minimum atomic E-state index is -0.183. The lowest BCUT2D eigenvalue weighted by molar-refractivity contribution is 0.0933. The molecule has 2 nitrogen and oxygen atoms in total. The van der Waals surface area contributed by atoms with Crippen molar-refractivity contribution in [2.75, 3.05) is 0 Å². The van der Waals surface area contributed by atoms with Gasteiger partial charge in [-0.3, -0.25) is 4.79 Å². The summed E-state index contributed by atoms with van der Waals surface area (Å²) in [7, 11) is 0. The summed E-state index contributed by atoms with van der Waals surface area (Å²) in [6.07, 6.45) is 4.03. The molecule has 0 aliphatic heterocycles. The normalized spacial score (nSPS) is 10.7. The van der Waals surface area contributed by atoms with E-state index in [9.17, 15) is 4.79 Å². The molecule has 0 saturated heterocycles. The van der Waals surface area contributed by atoms with E-state index in [4.69, 9.17) is 23.2 Å². The van der Waals surface area contributed by atoms with Gasteiger partial charge in [0.25, 0.3) is 5.91 Å². The van der Waals surface area contributed by atoms with Gasteiger partial charge < -0.3 is 5.32 Å². The molecule has 1 aromatic rings. The highest BCUT2D eigenvalue weighted by atomic mass is 35.5. The lowest BCUT2D eigenvalue weighted by Gasteiger charge is -2.18. The van der Waals surface area contributed by atoms with Crippen LogP contribution in [0.3, 0.4) is 0 Å². The van der Waals surface area contributed by atoms with E-state index in [1.165, 1.54) is 0 Å². The van der Waals surface area contributed by atoms with Crippen LogP contribution in [-0.4, -0.2) is 11.9 Å². The molecule has 1 N–H and O–H groups in total. The molecule has 0 aliphatic carbocycles. The molecule has 18 heavy (non-hydrogen) atoms. The highest BCUT2D eigenvalue weighted by molar-refractivity contribution is 6.39. The topological polar surface area (TPSA) is 29.1 Å². The summed E-state index contributed by atoms with van der Waals surface area (Å²) < 4.78 is 0. The molecule has 0 saturated carbocycles. The second kappa shape index (κ2) is 7.65. The highest BCUT2D eigenvalue weighted by Gasteiger charge is 2.17. The van der Waals surface area contributed by atoms with Crippen molar-refractivity contribution in [2.45, 2.75) is 45.6 Å². The third kappa shape index (κ3) is 4.18. The second-order valence-electron chi connectivity index (χ2n) is 4.34. The van der Waals surface area contributed by atoms with Crippen LogP contribution >= 0.6 is 23.2 Å². The summed E-state index contributed by atoms with van der Waals surface area (Å²) in [6, 6.07) is 5.28. The Morgan fingerprint density at radius 3 is 2.11 bits per heavy atom. The molecule has 0 unspecified atom stereocenters. The number of hydrogen-bond donors (Lipinski definition) is 1. The van der Waals surface area contributed by atoms with Crippen molar-refractivity contribution < 1.29 is 4.79 Å². The van der Waals surface area contributed by atoms with E-state index in [1.54, 1.807) is 18.2 Å². The molecule has 0 heterocycles. The Morgan fingerprint density at radius 1 is 1.17 bits per heavy atom. The van der Waals surface area contributed by atoms with E-state index in [1.807, 2.05) is 0 Å². The van der Waals surface area contributed by atoms with E-state index in [2.05, 4.69) is 19.2 Å². The number of rotatable bonds is 6. The SMILES string of the molecule is CCCC(CCC)NC(=O)c1c(Cl)cccc1Cl. The Hall–Kier alpha value is -0.730. The van der Waals surface area contributed by atoms with Crippen LogP contribution in [0.5, 0.6) is 0 Å². The van der Waals surface area contributed by atoms with Crippen LogP contribution in [0.2, 0.25) is 10.0 Å². The van der Waals surface area contributed by atoms with Gasteiger partial charge in [0.1, 0.15) is 0 Å². The van der Waals surface area contributed by atoms with Crippen molar-refractivity contribution in [1.29, 1.82) is 0 Å². The van der Waals surface area contributed by atoms with Gasteiger partial charge in [-0.2, -0.15) is 0 Å². The van der Waals surface area contributed by atoms with Gasteiger partial charge in [0.2, 0.25) is 0 Å². The quantitative estimate of drug-likeness (QED) is 0.808. The van der Waals surface area contributed by atoms with E-state index < -0.39 is 0 Å². The van der Waals surface area contributed by atoms with Gasteiger partial charge >= 0.3 is 0 Å². The van der Waals surface area contributed by atoms with Crippen LogP contribution in [0.15, 0.2) is 18.2 Å². The summed E-state index contributed by atoms with van der Waals surface area (Å²) in [6.45, 7) is 4.22. The molecule has 1 aromatic carbocycles. The first kappa shape index (κ1) is 15.3. The van der Waals surface area contributed by atoms with Crippen LogP contribution in [0.4, 0.5) is 0 Å². The van der Waals surface area contributed by atoms with Crippen molar-refractivity contribution in [3.05, 3.63) is 33.8 Å². The number of benzene rings is 1. The van der Waals surface area contributed by atoms with Crippen molar-refractivity contribution in [1.82, 2.24) is 5.32 Å². The summed E-state index contributed by atoms with van der Waals surface area (Å²) in [4.78, 5) is 12.2. The molecule has 0 aliphatic rings. The molecule has 1 rings (SSSR count). The predicted octanol–water partition coefficient (Wildman–Crippen LogP) is 4.69. The first-order valence-corrected chi connectivity index (χ1v) is 7.10. The fraction of sp³-hybridized carbons (Fsp3) is 0.500. The Kier molecular flexibility index (Phi) is 6.51. The van der Waals surface area contributed by atoms with E-state index in [0.29, 0.717) is 15.6 Å². The Labute approximate surface area is 119 Å². The van der Waals surface area contributed by atoms with Crippen molar-refractivity contribution >= 4 is 29.1 Å². The van der Waals surface area contributed by atoms with E-state index in [-0.39, 0.29) is 11.9 Å². The standard InChI is InChI=1S/C14H19Cl2NO/c1-3-6-10(7-4-2)17-14(18)13-11(15)8-5-9-12(13)16/h5,8-10H,3-4,6-7H2,1-2H3,(H,17,18). The molecule has 0 aromatic heterocycles. The Balaban J connectivity index is 2.80. The molecule has 100 valence electrons. The van der Waals surface area contributed by atoms with Gasteiger partial charge in [-0.25, -0.2) is 0 Å². The van der Waals surface area contributed by atoms with Gasteiger partial charge in [0.15, 0.2) is 0 Å². The van der Waals surface area contributed by atoms with Crippen LogP contribution in [0.1, 0.15) is 49.9 Å². The van der Waals surface area contributed by atoms with Gasteiger partial charge in [-0.05, 0) is 25.0 Å². The summed E-state index contributed by atoms with van der Waals surface area (Å²) in [5.74, 6) is -0.183. The number of carbonyl (C=O) groups is 1. The molecule has 0 spiro atoms. The largest absolute Gasteiger partial charge is 0.349 e. The number of amides is 1. The summed E-state index contributed by atoms with van der Waals surface area (Å²) in [5, 5.41) is 3.80. The monoisotopic (exact) mass is 287 g/mol. The number of nitrogens with one attached hydrogen (secondary N) is 1. The summed E-state index contributed by atoms with van der Waals surface area (Å²) in [5.41, 5.74) is 0.373. The minimum Gasteiger partial charge on any atom is -0.349 e. The first-order chi connectivity index (χ1) is 8.60. The van der Waals surface area contributed by atoms with E-state index >= 15 is 0 Å². The zero-order valence-corrected chi connectivity index (χ0v) is 12.3. The number of hydrogen-bond acceptors (Lipinski definition) is 1. The molecular formula is C14H19Cl2NO. The number of halogens is 2. The predicted molar refractivity (Wildman–Crippen MR) is 77.5 cm³/mol. The average Bonchev–Trinajstić information content (AvgIpc) is 2.29. The molecule has 1 amide bonds. The maximum absolute atomic E-state index is 12.2. The third-order valence-corrected chi connectivity index (χ3v) is 3.43. The molecular weight excluding hydrogens is 269 g/mol. The molecule has 4 heteroatoms. The van der Waals surface area contributed by atoms with Crippen LogP contribution in [0.25, 0.3) is 0 Å². The zero-order chi connectivity index (χ0) is 13.5. The molecule has 0 radical (unpaired) electrons. The molecule has 0 fully saturated rings. The van der Waals surface area contributed by atoms with E-state index in [0.717, 1.165) is 25.7 Å². The third-order valence-electron chi connectivity index (χ3n) is 2.80. The number of carbonyl (C=O) groups excluding carboxylic acids is 1. The minimum absolute atomic E-state index is 0.183. The van der Waals surface area contributed by atoms with Gasteiger partial charge in [-0.1, -0.05) is 56.0 Å². The first-order valence-electron chi connectivity index (χ1n) is 6.35. The van der Waals surface area contributed by atoms with Gasteiger partial charge in [0, 0.05) is 6.04 Å². The van der Waals surface area contributed by atoms with Crippen LogP contribution < -0.4 is 5.32 Å². The summed E-state index contributed by atoms with van der Waals surface area (Å²) >= 11 is 12.0. The molecule has 0 atom stereocenters. The van der Waals surface area contributed by atoms with Crippen molar-refractivity contribution in [2.24, 2.45) is 0 Å². The van der Waals surface area contributed by atoms with Crippen molar-refractivity contribution in [3.63, 3.8) is 0 Å². The lowest BCUT2D eigenvalue weighted by Crippen LogP contribution is -2.35. The maximum Gasteiger partial charge on any atom is 0.254 e. The van der Waals surface area contributed by atoms with Crippen LogP contribution in [0, 0.1) is 0 Å². The fourth-order valence-electron chi connectivity index (χ4n) is 1.96. The maximum atomic E-state index is 12.2. The van der Waals surface area contributed by atoms with Crippen LogP contribution in [-0.2, 0) is 0 Å². The highest BCUT2D eigenvalue weighted by Crippen LogP contribution is 2.24. The second-order valence-corrected chi connectivity index (χ2v) is 5.16. The average molecular weight is 288 g/mol.